The lowest BCUT2D eigenvalue weighted by atomic mass is 9.80. The number of rotatable bonds is 2. The van der Waals surface area contributed by atoms with Crippen LogP contribution in [0.25, 0.3) is 0 Å². The highest BCUT2D eigenvalue weighted by atomic mass is 32.1. The van der Waals surface area contributed by atoms with Crippen LogP contribution < -0.4 is 20.7 Å². The number of hydrogen-bond acceptors (Lipinski definition) is 3. The SMILES string of the molecule is Cc1ccccc1NC(=O)[C@H]1[C@@H]2NC(=S)N[C@@]1(C)Oc1ccccc12. The summed E-state index contributed by atoms with van der Waals surface area (Å²) in [6.07, 6.45) is 0. The van der Waals surface area contributed by atoms with Gasteiger partial charge in [0, 0.05) is 11.3 Å². The molecule has 25 heavy (non-hydrogen) atoms. The Morgan fingerprint density at radius 1 is 1.20 bits per heavy atom. The minimum atomic E-state index is -0.909. The highest BCUT2D eigenvalue weighted by molar-refractivity contribution is 7.80. The standard InChI is InChI=1S/C19H19N3O2S/c1-11-7-3-5-9-13(11)20-17(23)15-16-12-8-4-6-10-14(12)24-19(15,2)22-18(25)21-16/h3-10,15-16H,1-2H3,(H,20,23)(H2,21,22,25)/t15-,16-,19+/m1/s1. The van der Waals surface area contributed by atoms with E-state index in [4.69, 9.17) is 17.0 Å². The first kappa shape index (κ1) is 15.9. The topological polar surface area (TPSA) is 62.4 Å². The van der Waals surface area contributed by atoms with Crippen LogP contribution in [0.3, 0.4) is 0 Å². The van der Waals surface area contributed by atoms with Gasteiger partial charge in [0.1, 0.15) is 11.7 Å². The van der Waals surface area contributed by atoms with Gasteiger partial charge in [-0.15, -0.1) is 0 Å². The molecular formula is C19H19N3O2S. The molecule has 1 saturated heterocycles. The summed E-state index contributed by atoms with van der Waals surface area (Å²) in [7, 11) is 0. The van der Waals surface area contributed by atoms with Crippen molar-refractivity contribution >= 4 is 28.9 Å². The second-order valence-electron chi connectivity index (χ2n) is 6.60. The van der Waals surface area contributed by atoms with E-state index in [1.54, 1.807) is 0 Å². The normalized spacial score (nSPS) is 26.6. The van der Waals surface area contributed by atoms with Gasteiger partial charge in [-0.25, -0.2) is 0 Å². The van der Waals surface area contributed by atoms with Gasteiger partial charge in [-0.1, -0.05) is 36.4 Å². The largest absolute Gasteiger partial charge is 0.467 e. The zero-order valence-corrected chi connectivity index (χ0v) is 14.8. The minimum Gasteiger partial charge on any atom is -0.467 e. The Morgan fingerprint density at radius 2 is 1.92 bits per heavy atom. The summed E-state index contributed by atoms with van der Waals surface area (Å²) in [5, 5.41) is 9.90. The number of ether oxygens (including phenoxy) is 1. The number of benzene rings is 2. The molecule has 2 aliphatic rings. The van der Waals surface area contributed by atoms with E-state index < -0.39 is 11.6 Å². The molecule has 0 saturated carbocycles. The van der Waals surface area contributed by atoms with Crippen molar-refractivity contribution < 1.29 is 9.53 Å². The number of hydrogen-bond donors (Lipinski definition) is 3. The van der Waals surface area contributed by atoms with Gasteiger partial charge in [-0.05, 0) is 43.8 Å². The van der Waals surface area contributed by atoms with Gasteiger partial charge in [-0.3, -0.25) is 4.79 Å². The van der Waals surface area contributed by atoms with E-state index in [2.05, 4.69) is 16.0 Å². The molecule has 4 rings (SSSR count). The van der Waals surface area contributed by atoms with Crippen LogP contribution in [0.1, 0.15) is 24.1 Å². The fourth-order valence-electron chi connectivity index (χ4n) is 3.61. The molecule has 0 aliphatic carbocycles. The number of para-hydroxylation sites is 2. The number of amides is 1. The molecule has 2 aromatic rings. The first-order valence-electron chi connectivity index (χ1n) is 8.21. The molecule has 2 aromatic carbocycles. The Balaban J connectivity index is 1.72. The fraction of sp³-hybridized carbons (Fsp3) is 0.263. The molecule has 0 unspecified atom stereocenters. The van der Waals surface area contributed by atoms with E-state index in [1.165, 1.54) is 0 Å². The molecule has 6 heteroatoms. The Morgan fingerprint density at radius 3 is 2.72 bits per heavy atom. The summed E-state index contributed by atoms with van der Waals surface area (Å²) in [5.41, 5.74) is 1.85. The van der Waals surface area contributed by atoms with Crippen molar-refractivity contribution in [1.29, 1.82) is 0 Å². The Bertz CT molecular complexity index is 869. The molecule has 0 spiro atoms. The van der Waals surface area contributed by atoms with E-state index >= 15 is 0 Å². The maximum Gasteiger partial charge on any atom is 0.236 e. The Hall–Kier alpha value is -2.60. The van der Waals surface area contributed by atoms with Crippen LogP contribution in [0.4, 0.5) is 5.69 Å². The molecule has 3 N–H and O–H groups in total. The van der Waals surface area contributed by atoms with E-state index in [1.807, 2.05) is 62.4 Å². The monoisotopic (exact) mass is 353 g/mol. The van der Waals surface area contributed by atoms with Crippen molar-refractivity contribution in [2.75, 3.05) is 5.32 Å². The number of nitrogens with one attached hydrogen (secondary N) is 3. The van der Waals surface area contributed by atoms with Gasteiger partial charge in [0.15, 0.2) is 10.8 Å². The number of fused-ring (bicyclic) bond motifs is 4. The van der Waals surface area contributed by atoms with Crippen LogP contribution in [-0.2, 0) is 4.79 Å². The lowest BCUT2D eigenvalue weighted by Crippen LogP contribution is -2.70. The number of carbonyl (C=O) groups excluding carboxylic acids is 1. The number of anilines is 1. The third-order valence-electron chi connectivity index (χ3n) is 4.84. The highest BCUT2D eigenvalue weighted by Gasteiger charge is 2.54. The van der Waals surface area contributed by atoms with E-state index in [0.717, 1.165) is 22.6 Å². The molecule has 2 heterocycles. The molecule has 1 amide bonds. The maximum atomic E-state index is 13.1. The van der Waals surface area contributed by atoms with Crippen molar-refractivity contribution in [3.63, 3.8) is 0 Å². The summed E-state index contributed by atoms with van der Waals surface area (Å²) in [6, 6.07) is 15.2. The van der Waals surface area contributed by atoms with E-state index in [9.17, 15) is 4.79 Å². The fourth-order valence-corrected chi connectivity index (χ4v) is 3.94. The van der Waals surface area contributed by atoms with Gasteiger partial charge in [0.25, 0.3) is 0 Å². The van der Waals surface area contributed by atoms with Gasteiger partial charge in [0.05, 0.1) is 6.04 Å². The van der Waals surface area contributed by atoms with Gasteiger partial charge in [-0.2, -0.15) is 0 Å². The lowest BCUT2D eigenvalue weighted by molar-refractivity contribution is -0.132. The van der Waals surface area contributed by atoms with Crippen molar-refractivity contribution in [2.45, 2.75) is 25.6 Å². The van der Waals surface area contributed by atoms with E-state index in [0.29, 0.717) is 5.11 Å². The minimum absolute atomic E-state index is 0.112. The van der Waals surface area contributed by atoms with E-state index in [-0.39, 0.29) is 11.9 Å². The Kier molecular flexibility index (Phi) is 3.65. The molecule has 128 valence electrons. The van der Waals surface area contributed by atoms with Crippen LogP contribution in [0, 0.1) is 12.8 Å². The Labute approximate surface area is 151 Å². The molecule has 0 radical (unpaired) electrons. The van der Waals surface area contributed by atoms with Crippen LogP contribution in [0.2, 0.25) is 0 Å². The summed E-state index contributed by atoms with van der Waals surface area (Å²) < 4.78 is 6.16. The second-order valence-corrected chi connectivity index (χ2v) is 7.01. The van der Waals surface area contributed by atoms with Crippen LogP contribution in [-0.4, -0.2) is 16.7 Å². The number of aryl methyl sites for hydroxylation is 1. The van der Waals surface area contributed by atoms with Crippen LogP contribution in [0.5, 0.6) is 5.75 Å². The second kappa shape index (κ2) is 5.74. The van der Waals surface area contributed by atoms with Crippen molar-refractivity contribution in [1.82, 2.24) is 10.6 Å². The average Bonchev–Trinajstić information content (AvgIpc) is 2.55. The smallest absolute Gasteiger partial charge is 0.236 e. The van der Waals surface area contributed by atoms with Gasteiger partial charge in [0.2, 0.25) is 5.91 Å². The highest BCUT2D eigenvalue weighted by Crippen LogP contribution is 2.45. The summed E-state index contributed by atoms with van der Waals surface area (Å²) >= 11 is 5.32. The summed E-state index contributed by atoms with van der Waals surface area (Å²) in [5.74, 6) is 0.171. The lowest BCUT2D eigenvalue weighted by Gasteiger charge is -2.50. The summed E-state index contributed by atoms with van der Waals surface area (Å²) in [6.45, 7) is 3.83. The van der Waals surface area contributed by atoms with Gasteiger partial charge >= 0.3 is 0 Å². The number of thiocarbonyl (C=S) groups is 1. The van der Waals surface area contributed by atoms with Gasteiger partial charge < -0.3 is 20.7 Å². The molecule has 2 bridgehead atoms. The quantitative estimate of drug-likeness (QED) is 0.725. The third kappa shape index (κ3) is 2.62. The predicted octanol–water partition coefficient (Wildman–Crippen LogP) is 2.88. The van der Waals surface area contributed by atoms with Crippen LogP contribution in [0.15, 0.2) is 48.5 Å². The van der Waals surface area contributed by atoms with Crippen molar-refractivity contribution in [3.05, 3.63) is 59.7 Å². The zero-order valence-electron chi connectivity index (χ0n) is 14.0. The first-order chi connectivity index (χ1) is 12.0. The molecule has 1 fully saturated rings. The summed E-state index contributed by atoms with van der Waals surface area (Å²) in [4.78, 5) is 13.1. The third-order valence-corrected chi connectivity index (χ3v) is 5.06. The average molecular weight is 353 g/mol. The molecule has 5 nitrogen and oxygen atoms in total. The van der Waals surface area contributed by atoms with Crippen molar-refractivity contribution in [3.8, 4) is 5.75 Å². The molecule has 0 aromatic heterocycles. The molecular weight excluding hydrogens is 334 g/mol. The maximum absolute atomic E-state index is 13.1. The van der Waals surface area contributed by atoms with Crippen LogP contribution >= 0.6 is 12.2 Å². The molecule has 2 aliphatic heterocycles. The predicted molar refractivity (Wildman–Crippen MR) is 100 cm³/mol. The molecule has 3 atom stereocenters. The first-order valence-corrected chi connectivity index (χ1v) is 8.62. The number of carbonyl (C=O) groups is 1. The van der Waals surface area contributed by atoms with Crippen molar-refractivity contribution in [2.24, 2.45) is 5.92 Å². The zero-order chi connectivity index (χ0) is 17.6.